The molecule has 118 valence electrons. The molecule has 2 aromatic rings. The maximum atomic E-state index is 11.8. The van der Waals surface area contributed by atoms with Crippen LogP contribution in [0.3, 0.4) is 0 Å². The number of hydrazone groups is 1. The minimum absolute atomic E-state index is 0.510. The van der Waals surface area contributed by atoms with Crippen LogP contribution in [0.2, 0.25) is 10.0 Å². The number of hydrogen-bond donors (Lipinski definition) is 2. The maximum Gasteiger partial charge on any atom is 0.329 e. The highest BCUT2D eigenvalue weighted by Crippen LogP contribution is 2.19. The Morgan fingerprint density at radius 2 is 1.65 bits per heavy atom. The molecule has 0 radical (unpaired) electrons. The zero-order valence-electron chi connectivity index (χ0n) is 12.1. The Morgan fingerprint density at radius 3 is 2.30 bits per heavy atom. The first-order chi connectivity index (χ1) is 11.0. The summed E-state index contributed by atoms with van der Waals surface area (Å²) in [6, 6.07) is 11.8. The van der Waals surface area contributed by atoms with Crippen LogP contribution in [0.25, 0.3) is 0 Å². The van der Waals surface area contributed by atoms with E-state index in [0.717, 1.165) is 11.1 Å². The van der Waals surface area contributed by atoms with Gasteiger partial charge in [-0.3, -0.25) is 9.59 Å². The van der Waals surface area contributed by atoms with Crippen molar-refractivity contribution < 1.29 is 9.59 Å². The molecule has 5 nitrogen and oxygen atoms in total. The molecule has 0 saturated heterocycles. The normalized spacial score (nSPS) is 10.6. The van der Waals surface area contributed by atoms with Crippen LogP contribution in [0.5, 0.6) is 0 Å². The molecule has 0 saturated carbocycles. The van der Waals surface area contributed by atoms with Gasteiger partial charge in [-0.2, -0.15) is 5.10 Å². The quantitative estimate of drug-likeness (QED) is 0.506. The molecule has 0 atom stereocenters. The van der Waals surface area contributed by atoms with Crippen molar-refractivity contribution in [3.63, 3.8) is 0 Å². The van der Waals surface area contributed by atoms with Gasteiger partial charge in [-0.1, -0.05) is 35.3 Å². The van der Waals surface area contributed by atoms with Gasteiger partial charge < -0.3 is 5.32 Å². The molecular weight excluding hydrogens is 337 g/mol. The lowest BCUT2D eigenvalue weighted by Crippen LogP contribution is -2.32. The number of carbonyl (C=O) groups excluding carboxylic acids is 2. The summed E-state index contributed by atoms with van der Waals surface area (Å²) in [5.41, 5.74) is 4.16. The van der Waals surface area contributed by atoms with Crippen LogP contribution in [-0.2, 0) is 9.59 Å². The second-order valence-corrected chi connectivity index (χ2v) is 5.54. The van der Waals surface area contributed by atoms with Crippen LogP contribution in [-0.4, -0.2) is 18.0 Å². The minimum atomic E-state index is -0.871. The van der Waals surface area contributed by atoms with E-state index in [1.165, 1.54) is 6.21 Å². The Labute approximate surface area is 143 Å². The fourth-order valence-corrected chi connectivity index (χ4v) is 2.06. The number of nitrogens with zero attached hydrogens (tertiary/aromatic N) is 1. The Morgan fingerprint density at radius 1 is 1.00 bits per heavy atom. The van der Waals surface area contributed by atoms with E-state index in [1.54, 1.807) is 49.4 Å². The average molecular weight is 350 g/mol. The predicted molar refractivity (Wildman–Crippen MR) is 92.0 cm³/mol. The molecule has 23 heavy (non-hydrogen) atoms. The topological polar surface area (TPSA) is 70.6 Å². The van der Waals surface area contributed by atoms with Crippen molar-refractivity contribution in [2.45, 2.75) is 6.92 Å². The van der Waals surface area contributed by atoms with E-state index < -0.39 is 11.8 Å². The lowest BCUT2D eigenvalue weighted by Gasteiger charge is -2.07. The molecule has 2 aromatic carbocycles. The predicted octanol–water partition coefficient (Wildman–Crippen LogP) is 3.39. The van der Waals surface area contributed by atoms with Gasteiger partial charge >= 0.3 is 11.8 Å². The number of rotatable bonds is 3. The number of aryl methyl sites for hydroxylation is 1. The zero-order chi connectivity index (χ0) is 16.8. The molecule has 0 aliphatic heterocycles. The largest absolute Gasteiger partial charge is 0.329 e. The van der Waals surface area contributed by atoms with Gasteiger partial charge in [0.25, 0.3) is 0 Å². The Balaban J connectivity index is 1.92. The molecular formula is C16H13Cl2N3O2. The Bertz CT molecular complexity index is 758. The van der Waals surface area contributed by atoms with Gasteiger partial charge in [0.05, 0.1) is 6.21 Å². The van der Waals surface area contributed by atoms with Crippen molar-refractivity contribution >= 4 is 46.9 Å². The van der Waals surface area contributed by atoms with Crippen LogP contribution in [0, 0.1) is 6.92 Å². The molecule has 0 spiro atoms. The second-order valence-electron chi connectivity index (χ2n) is 4.66. The van der Waals surface area contributed by atoms with E-state index in [1.807, 2.05) is 0 Å². The third-order valence-corrected chi connectivity index (χ3v) is 3.38. The zero-order valence-corrected chi connectivity index (χ0v) is 13.7. The number of hydrogen-bond acceptors (Lipinski definition) is 3. The second kappa shape index (κ2) is 7.76. The summed E-state index contributed by atoms with van der Waals surface area (Å²) in [7, 11) is 0. The molecule has 0 aliphatic rings. The van der Waals surface area contributed by atoms with Crippen molar-refractivity contribution in [3.8, 4) is 0 Å². The summed E-state index contributed by atoms with van der Waals surface area (Å²) in [5, 5.41) is 7.37. The van der Waals surface area contributed by atoms with E-state index in [9.17, 15) is 9.59 Å². The van der Waals surface area contributed by atoms with Crippen LogP contribution in [0.1, 0.15) is 11.1 Å². The van der Waals surface area contributed by atoms with Crippen molar-refractivity contribution in [2.24, 2.45) is 5.10 Å². The standard InChI is InChI=1S/C16H13Cl2N3O2/c1-10-8-13(18)6-7-14(10)20-15(22)16(23)21-19-9-11-2-4-12(17)5-3-11/h2-9H,1H3,(H,20,22)(H,21,23). The highest BCUT2D eigenvalue weighted by Gasteiger charge is 2.13. The molecule has 2 amide bonds. The average Bonchev–Trinajstić information content (AvgIpc) is 2.51. The summed E-state index contributed by atoms with van der Waals surface area (Å²) in [6.07, 6.45) is 1.41. The van der Waals surface area contributed by atoms with Gasteiger partial charge in [0.1, 0.15) is 0 Å². The third-order valence-electron chi connectivity index (χ3n) is 2.89. The lowest BCUT2D eigenvalue weighted by molar-refractivity contribution is -0.136. The monoisotopic (exact) mass is 349 g/mol. The van der Waals surface area contributed by atoms with Crippen molar-refractivity contribution in [3.05, 3.63) is 63.6 Å². The molecule has 0 fully saturated rings. The van der Waals surface area contributed by atoms with Gasteiger partial charge in [-0.05, 0) is 48.4 Å². The van der Waals surface area contributed by atoms with Crippen LogP contribution in [0.15, 0.2) is 47.6 Å². The van der Waals surface area contributed by atoms with E-state index in [4.69, 9.17) is 23.2 Å². The number of nitrogens with one attached hydrogen (secondary N) is 2. The molecule has 0 heterocycles. The fourth-order valence-electron chi connectivity index (χ4n) is 1.71. The number of amides is 2. The highest BCUT2D eigenvalue weighted by atomic mass is 35.5. The fraction of sp³-hybridized carbons (Fsp3) is 0.0625. The van der Waals surface area contributed by atoms with Gasteiger partial charge in [0, 0.05) is 15.7 Å². The lowest BCUT2D eigenvalue weighted by atomic mass is 10.2. The molecule has 0 aliphatic carbocycles. The van der Waals surface area contributed by atoms with Crippen molar-refractivity contribution in [1.29, 1.82) is 0 Å². The first-order valence-corrected chi connectivity index (χ1v) is 7.37. The SMILES string of the molecule is Cc1cc(Cl)ccc1NC(=O)C(=O)NN=Cc1ccc(Cl)cc1. The molecule has 0 aromatic heterocycles. The maximum absolute atomic E-state index is 11.8. The third kappa shape index (κ3) is 5.09. The Hall–Kier alpha value is -2.37. The first kappa shape index (κ1) is 17.0. The molecule has 7 heteroatoms. The molecule has 0 bridgehead atoms. The van der Waals surface area contributed by atoms with Crippen LogP contribution >= 0.6 is 23.2 Å². The van der Waals surface area contributed by atoms with Crippen LogP contribution < -0.4 is 10.7 Å². The van der Waals surface area contributed by atoms with E-state index >= 15 is 0 Å². The first-order valence-electron chi connectivity index (χ1n) is 6.62. The number of halogens is 2. The number of anilines is 1. The van der Waals surface area contributed by atoms with E-state index in [0.29, 0.717) is 15.7 Å². The van der Waals surface area contributed by atoms with Crippen molar-refractivity contribution in [2.75, 3.05) is 5.32 Å². The van der Waals surface area contributed by atoms with Gasteiger partial charge in [-0.25, -0.2) is 5.43 Å². The van der Waals surface area contributed by atoms with E-state index in [2.05, 4.69) is 15.8 Å². The summed E-state index contributed by atoms with van der Waals surface area (Å²) in [5.74, 6) is -1.69. The highest BCUT2D eigenvalue weighted by molar-refractivity contribution is 6.39. The van der Waals surface area contributed by atoms with Gasteiger partial charge in [0.15, 0.2) is 0 Å². The molecule has 2 N–H and O–H groups in total. The van der Waals surface area contributed by atoms with Gasteiger partial charge in [0.2, 0.25) is 0 Å². The summed E-state index contributed by atoms with van der Waals surface area (Å²) < 4.78 is 0. The van der Waals surface area contributed by atoms with Crippen LogP contribution in [0.4, 0.5) is 5.69 Å². The molecule has 0 unspecified atom stereocenters. The number of carbonyl (C=O) groups is 2. The number of benzene rings is 2. The summed E-state index contributed by atoms with van der Waals surface area (Å²) in [6.45, 7) is 1.78. The van der Waals surface area contributed by atoms with Gasteiger partial charge in [-0.15, -0.1) is 0 Å². The van der Waals surface area contributed by atoms with E-state index in [-0.39, 0.29) is 0 Å². The van der Waals surface area contributed by atoms with Crippen molar-refractivity contribution in [1.82, 2.24) is 5.43 Å². The molecule has 2 rings (SSSR count). The summed E-state index contributed by atoms with van der Waals surface area (Å²) >= 11 is 11.6. The smallest absolute Gasteiger partial charge is 0.317 e. The minimum Gasteiger partial charge on any atom is -0.317 e. The Kier molecular flexibility index (Phi) is 5.73. The summed E-state index contributed by atoms with van der Waals surface area (Å²) in [4.78, 5) is 23.5.